The SMILES string of the molecule is CCc1cnc(C(C)NC(=O)c2ccc(O)c(Cl)c2)s1. The molecule has 0 aliphatic carbocycles. The molecule has 0 aliphatic rings. The molecular formula is C14H15ClN2O2S. The molecule has 2 rings (SSSR count). The number of nitrogens with one attached hydrogen (secondary N) is 1. The summed E-state index contributed by atoms with van der Waals surface area (Å²) in [5.74, 6) is -0.281. The first-order valence-electron chi connectivity index (χ1n) is 6.25. The molecule has 1 amide bonds. The van der Waals surface area contributed by atoms with Gasteiger partial charge in [-0.15, -0.1) is 11.3 Å². The van der Waals surface area contributed by atoms with Crippen molar-refractivity contribution in [3.05, 3.63) is 44.9 Å². The Bertz CT molecular complexity index is 627. The maximum Gasteiger partial charge on any atom is 0.251 e. The van der Waals surface area contributed by atoms with Gasteiger partial charge >= 0.3 is 0 Å². The number of amides is 1. The number of hydrogen-bond acceptors (Lipinski definition) is 4. The van der Waals surface area contributed by atoms with E-state index < -0.39 is 0 Å². The molecule has 0 saturated heterocycles. The zero-order valence-electron chi connectivity index (χ0n) is 11.2. The molecule has 0 aliphatic heterocycles. The summed E-state index contributed by atoms with van der Waals surface area (Å²) in [6.07, 6.45) is 2.77. The minimum absolute atomic E-state index is 0.0382. The Hall–Kier alpha value is -1.59. The van der Waals surface area contributed by atoms with Gasteiger partial charge in [0.25, 0.3) is 5.91 Å². The quantitative estimate of drug-likeness (QED) is 0.907. The van der Waals surface area contributed by atoms with Gasteiger partial charge in [-0.1, -0.05) is 18.5 Å². The Balaban J connectivity index is 2.08. The Morgan fingerprint density at radius 2 is 2.30 bits per heavy atom. The van der Waals surface area contributed by atoms with Gasteiger partial charge in [0, 0.05) is 16.6 Å². The number of aryl methyl sites for hydroxylation is 1. The van der Waals surface area contributed by atoms with E-state index in [1.54, 1.807) is 11.3 Å². The van der Waals surface area contributed by atoms with Crippen LogP contribution in [-0.2, 0) is 6.42 Å². The number of halogens is 1. The summed E-state index contributed by atoms with van der Waals surface area (Å²) in [4.78, 5) is 17.6. The molecular weight excluding hydrogens is 296 g/mol. The van der Waals surface area contributed by atoms with Crippen LogP contribution in [-0.4, -0.2) is 16.0 Å². The van der Waals surface area contributed by atoms with Gasteiger partial charge in [0.05, 0.1) is 11.1 Å². The normalized spacial score (nSPS) is 12.2. The highest BCUT2D eigenvalue weighted by Crippen LogP contribution is 2.24. The van der Waals surface area contributed by atoms with Crippen LogP contribution >= 0.6 is 22.9 Å². The molecule has 0 radical (unpaired) electrons. The first-order valence-corrected chi connectivity index (χ1v) is 7.44. The number of phenols is 1. The number of benzene rings is 1. The second kappa shape index (κ2) is 6.24. The van der Waals surface area contributed by atoms with Crippen LogP contribution in [0.25, 0.3) is 0 Å². The van der Waals surface area contributed by atoms with E-state index in [0.29, 0.717) is 5.56 Å². The van der Waals surface area contributed by atoms with E-state index in [1.165, 1.54) is 23.1 Å². The van der Waals surface area contributed by atoms with E-state index in [2.05, 4.69) is 17.2 Å². The van der Waals surface area contributed by atoms with Gasteiger partial charge in [-0.25, -0.2) is 4.98 Å². The maximum absolute atomic E-state index is 12.1. The van der Waals surface area contributed by atoms with Crippen LogP contribution in [0, 0.1) is 0 Å². The molecule has 1 aromatic carbocycles. The summed E-state index contributed by atoms with van der Waals surface area (Å²) in [6, 6.07) is 4.21. The monoisotopic (exact) mass is 310 g/mol. The highest BCUT2D eigenvalue weighted by atomic mass is 35.5. The van der Waals surface area contributed by atoms with Crippen molar-refractivity contribution in [2.45, 2.75) is 26.3 Å². The third-order valence-electron chi connectivity index (χ3n) is 2.85. The number of nitrogens with zero attached hydrogens (tertiary/aromatic N) is 1. The van der Waals surface area contributed by atoms with Gasteiger partial charge < -0.3 is 10.4 Å². The molecule has 2 aromatic rings. The predicted octanol–water partition coefficient (Wildman–Crippen LogP) is 3.56. The second-order valence-electron chi connectivity index (χ2n) is 4.38. The summed E-state index contributed by atoms with van der Waals surface area (Å²) in [7, 11) is 0. The van der Waals surface area contributed by atoms with Crippen LogP contribution in [0.1, 0.15) is 40.1 Å². The van der Waals surface area contributed by atoms with E-state index in [9.17, 15) is 9.90 Å². The molecule has 1 unspecified atom stereocenters. The number of carbonyl (C=O) groups excluding carboxylic acids is 1. The van der Waals surface area contributed by atoms with Crippen LogP contribution in [0.2, 0.25) is 5.02 Å². The average Bonchev–Trinajstić information content (AvgIpc) is 2.90. The maximum atomic E-state index is 12.1. The first-order chi connectivity index (χ1) is 9.51. The van der Waals surface area contributed by atoms with Crippen molar-refractivity contribution in [3.63, 3.8) is 0 Å². The molecule has 1 heterocycles. The van der Waals surface area contributed by atoms with Crippen molar-refractivity contribution < 1.29 is 9.90 Å². The van der Waals surface area contributed by atoms with Crippen molar-refractivity contribution in [2.24, 2.45) is 0 Å². The Morgan fingerprint density at radius 3 is 2.90 bits per heavy atom. The van der Waals surface area contributed by atoms with E-state index in [-0.39, 0.29) is 22.7 Å². The summed E-state index contributed by atoms with van der Waals surface area (Å²) in [5, 5.41) is 13.2. The van der Waals surface area contributed by atoms with Crippen LogP contribution in [0.3, 0.4) is 0 Å². The summed E-state index contributed by atoms with van der Waals surface area (Å²) in [6.45, 7) is 3.96. The molecule has 0 bridgehead atoms. The van der Waals surface area contributed by atoms with Gasteiger partial charge in [0.15, 0.2) is 0 Å². The fourth-order valence-electron chi connectivity index (χ4n) is 1.68. The summed E-state index contributed by atoms with van der Waals surface area (Å²) < 4.78 is 0. The number of hydrogen-bond donors (Lipinski definition) is 2. The Kier molecular flexibility index (Phi) is 4.62. The number of carbonyl (C=O) groups is 1. The van der Waals surface area contributed by atoms with E-state index in [4.69, 9.17) is 11.6 Å². The lowest BCUT2D eigenvalue weighted by molar-refractivity contribution is 0.0940. The standard InChI is InChI=1S/C14H15ClN2O2S/c1-3-10-7-16-14(20-10)8(2)17-13(19)9-4-5-12(18)11(15)6-9/h4-8,18H,3H2,1-2H3,(H,17,19). The first kappa shape index (κ1) is 14.8. The molecule has 0 fully saturated rings. The van der Waals surface area contributed by atoms with Gasteiger partial charge in [0.1, 0.15) is 10.8 Å². The third-order valence-corrected chi connectivity index (χ3v) is 4.47. The number of thiazole rings is 1. The molecule has 0 saturated carbocycles. The third kappa shape index (κ3) is 3.29. The molecule has 1 aromatic heterocycles. The highest BCUT2D eigenvalue weighted by molar-refractivity contribution is 7.11. The van der Waals surface area contributed by atoms with Crippen molar-refractivity contribution in [1.29, 1.82) is 0 Å². The van der Waals surface area contributed by atoms with Gasteiger partial charge in [-0.05, 0) is 31.5 Å². The number of aromatic hydroxyl groups is 1. The van der Waals surface area contributed by atoms with E-state index in [0.717, 1.165) is 11.4 Å². The molecule has 6 heteroatoms. The van der Waals surface area contributed by atoms with Crippen LogP contribution in [0.15, 0.2) is 24.4 Å². The molecule has 4 nitrogen and oxygen atoms in total. The largest absolute Gasteiger partial charge is 0.506 e. The molecule has 20 heavy (non-hydrogen) atoms. The smallest absolute Gasteiger partial charge is 0.251 e. The molecule has 1 atom stereocenters. The van der Waals surface area contributed by atoms with Crippen LogP contribution in [0.5, 0.6) is 5.75 Å². The lowest BCUT2D eigenvalue weighted by atomic mass is 10.2. The number of aromatic nitrogens is 1. The minimum Gasteiger partial charge on any atom is -0.506 e. The van der Waals surface area contributed by atoms with E-state index >= 15 is 0 Å². The molecule has 106 valence electrons. The Morgan fingerprint density at radius 1 is 1.55 bits per heavy atom. The Labute approximate surface area is 126 Å². The van der Waals surface area contributed by atoms with Gasteiger partial charge in [-0.3, -0.25) is 4.79 Å². The lowest BCUT2D eigenvalue weighted by Crippen LogP contribution is -2.26. The summed E-state index contributed by atoms with van der Waals surface area (Å²) >= 11 is 7.39. The molecule has 2 N–H and O–H groups in total. The van der Waals surface area contributed by atoms with Crippen molar-refractivity contribution in [2.75, 3.05) is 0 Å². The van der Waals surface area contributed by atoms with Crippen molar-refractivity contribution in [1.82, 2.24) is 10.3 Å². The van der Waals surface area contributed by atoms with Crippen molar-refractivity contribution >= 4 is 28.8 Å². The zero-order valence-corrected chi connectivity index (χ0v) is 12.8. The van der Waals surface area contributed by atoms with Crippen LogP contribution < -0.4 is 5.32 Å². The van der Waals surface area contributed by atoms with Crippen LogP contribution in [0.4, 0.5) is 0 Å². The second-order valence-corrected chi connectivity index (χ2v) is 5.93. The van der Waals surface area contributed by atoms with Crippen molar-refractivity contribution in [3.8, 4) is 5.75 Å². The fourth-order valence-corrected chi connectivity index (χ4v) is 2.72. The minimum atomic E-state index is -0.243. The summed E-state index contributed by atoms with van der Waals surface area (Å²) in [5.41, 5.74) is 0.409. The lowest BCUT2D eigenvalue weighted by Gasteiger charge is -2.11. The predicted molar refractivity (Wildman–Crippen MR) is 80.5 cm³/mol. The number of phenolic OH excluding ortho intramolecular Hbond substituents is 1. The molecule has 0 spiro atoms. The number of rotatable bonds is 4. The van der Waals surface area contributed by atoms with Gasteiger partial charge in [-0.2, -0.15) is 0 Å². The zero-order chi connectivity index (χ0) is 14.7. The fraction of sp³-hybridized carbons (Fsp3) is 0.286. The topological polar surface area (TPSA) is 62.2 Å². The highest BCUT2D eigenvalue weighted by Gasteiger charge is 2.15. The van der Waals surface area contributed by atoms with Gasteiger partial charge in [0.2, 0.25) is 0 Å². The van der Waals surface area contributed by atoms with E-state index in [1.807, 2.05) is 13.1 Å². The average molecular weight is 311 g/mol.